The number of alkyl halides is 3. The molecule has 0 spiro atoms. The number of halogens is 3. The van der Waals surface area contributed by atoms with E-state index in [0.717, 1.165) is 11.6 Å². The molecule has 3 rings (SSSR count). The number of primary amides is 1. The van der Waals surface area contributed by atoms with Gasteiger partial charge in [0.25, 0.3) is 0 Å². The third-order valence-corrected chi connectivity index (χ3v) is 3.62. The van der Waals surface area contributed by atoms with Crippen LogP contribution in [-0.2, 0) is 12.7 Å². The number of benzene rings is 1. The highest BCUT2D eigenvalue weighted by atomic mass is 19.4. The average molecular weight is 346 g/mol. The quantitative estimate of drug-likeness (QED) is 0.789. The second-order valence-corrected chi connectivity index (χ2v) is 5.34. The Morgan fingerprint density at radius 1 is 1.12 bits per heavy atom. The lowest BCUT2D eigenvalue weighted by atomic mass is 9.98. The number of nitrogens with two attached hydrogens (primary N) is 1. The van der Waals surface area contributed by atoms with Crippen LogP contribution in [0, 0.1) is 0 Å². The summed E-state index contributed by atoms with van der Waals surface area (Å²) in [5.41, 5.74) is 4.29. The van der Waals surface area contributed by atoms with Gasteiger partial charge in [-0.25, -0.2) is 0 Å². The molecule has 25 heavy (non-hydrogen) atoms. The molecule has 0 atom stereocenters. The van der Waals surface area contributed by atoms with Crippen LogP contribution >= 0.6 is 0 Å². The number of pyridine rings is 1. The van der Waals surface area contributed by atoms with Gasteiger partial charge in [0.15, 0.2) is 0 Å². The molecular formula is C17H13F3N4O. The predicted molar refractivity (Wildman–Crippen MR) is 84.5 cm³/mol. The number of carbonyl (C=O) groups is 1. The van der Waals surface area contributed by atoms with Crippen molar-refractivity contribution >= 4 is 5.91 Å². The van der Waals surface area contributed by atoms with E-state index in [9.17, 15) is 18.0 Å². The lowest BCUT2D eigenvalue weighted by Gasteiger charge is -2.14. The SMILES string of the molecule is NC(=O)c1cccc(-c2ccn(Cc3ccncc3)n2)c1C(F)(F)F. The molecule has 2 N–H and O–H groups in total. The van der Waals surface area contributed by atoms with Gasteiger partial charge in [-0.2, -0.15) is 18.3 Å². The molecule has 0 saturated carbocycles. The van der Waals surface area contributed by atoms with E-state index >= 15 is 0 Å². The molecule has 0 aliphatic heterocycles. The fourth-order valence-electron chi connectivity index (χ4n) is 2.55. The Kier molecular flexibility index (Phi) is 4.26. The van der Waals surface area contributed by atoms with Crippen molar-refractivity contribution < 1.29 is 18.0 Å². The predicted octanol–water partition coefficient (Wildman–Crippen LogP) is 3.11. The van der Waals surface area contributed by atoms with E-state index in [0.29, 0.717) is 6.54 Å². The van der Waals surface area contributed by atoms with Gasteiger partial charge in [0, 0.05) is 24.2 Å². The van der Waals surface area contributed by atoms with E-state index in [2.05, 4.69) is 10.1 Å². The maximum atomic E-state index is 13.5. The number of aromatic nitrogens is 3. The van der Waals surface area contributed by atoms with E-state index in [1.807, 2.05) is 0 Å². The summed E-state index contributed by atoms with van der Waals surface area (Å²) in [7, 11) is 0. The van der Waals surface area contributed by atoms with Gasteiger partial charge in [-0.05, 0) is 29.8 Å². The van der Waals surface area contributed by atoms with Crippen molar-refractivity contribution in [3.63, 3.8) is 0 Å². The van der Waals surface area contributed by atoms with Gasteiger partial charge in [0.05, 0.1) is 23.4 Å². The van der Waals surface area contributed by atoms with Crippen LogP contribution in [0.5, 0.6) is 0 Å². The summed E-state index contributed by atoms with van der Waals surface area (Å²) in [5.74, 6) is -1.13. The van der Waals surface area contributed by atoms with E-state index in [4.69, 9.17) is 5.73 Å². The number of carbonyl (C=O) groups excluding carboxylic acids is 1. The average Bonchev–Trinajstić information content (AvgIpc) is 3.02. The van der Waals surface area contributed by atoms with E-state index in [-0.39, 0.29) is 11.3 Å². The van der Waals surface area contributed by atoms with Crippen LogP contribution < -0.4 is 5.73 Å². The van der Waals surface area contributed by atoms with E-state index in [1.54, 1.807) is 30.7 Å². The molecule has 3 aromatic rings. The van der Waals surface area contributed by atoms with Crippen LogP contribution in [0.25, 0.3) is 11.3 Å². The van der Waals surface area contributed by atoms with Crippen LogP contribution in [0.15, 0.2) is 55.0 Å². The van der Waals surface area contributed by atoms with Crippen molar-refractivity contribution in [3.05, 3.63) is 71.7 Å². The summed E-state index contributed by atoms with van der Waals surface area (Å²) in [6.45, 7) is 0.388. The van der Waals surface area contributed by atoms with Crippen molar-refractivity contribution in [1.82, 2.24) is 14.8 Å². The maximum Gasteiger partial charge on any atom is 0.417 e. The monoisotopic (exact) mass is 346 g/mol. The second kappa shape index (κ2) is 6.39. The molecule has 1 aromatic carbocycles. The molecule has 0 aliphatic rings. The minimum Gasteiger partial charge on any atom is -0.366 e. The standard InChI is InChI=1S/C17H13F3N4O/c18-17(19,20)15-12(2-1-3-13(15)16(21)25)14-6-9-24(23-14)10-11-4-7-22-8-5-11/h1-9H,10H2,(H2,21,25). The van der Waals surface area contributed by atoms with Gasteiger partial charge < -0.3 is 5.73 Å². The van der Waals surface area contributed by atoms with Gasteiger partial charge in [-0.15, -0.1) is 0 Å². The highest BCUT2D eigenvalue weighted by Crippen LogP contribution is 2.38. The zero-order valence-electron chi connectivity index (χ0n) is 12.9. The number of nitrogens with zero attached hydrogens (tertiary/aromatic N) is 3. The molecule has 2 heterocycles. The summed E-state index contributed by atoms with van der Waals surface area (Å²) in [6.07, 6.45) is 0.0956. The molecule has 0 radical (unpaired) electrons. The molecule has 0 fully saturated rings. The Labute approximate surface area is 140 Å². The third kappa shape index (κ3) is 3.52. The third-order valence-electron chi connectivity index (χ3n) is 3.62. The molecule has 0 saturated heterocycles. The van der Waals surface area contributed by atoms with Crippen LogP contribution in [-0.4, -0.2) is 20.7 Å². The fourth-order valence-corrected chi connectivity index (χ4v) is 2.55. The summed E-state index contributed by atoms with van der Waals surface area (Å²) in [5, 5.41) is 4.19. The largest absolute Gasteiger partial charge is 0.417 e. The first-order valence-electron chi connectivity index (χ1n) is 7.29. The molecule has 8 heteroatoms. The number of hydrogen-bond donors (Lipinski definition) is 1. The van der Waals surface area contributed by atoms with Crippen LogP contribution in [0.4, 0.5) is 13.2 Å². The number of hydrogen-bond acceptors (Lipinski definition) is 3. The molecule has 2 aromatic heterocycles. The smallest absolute Gasteiger partial charge is 0.366 e. The highest BCUT2D eigenvalue weighted by Gasteiger charge is 2.38. The Morgan fingerprint density at radius 3 is 2.48 bits per heavy atom. The lowest BCUT2D eigenvalue weighted by Crippen LogP contribution is -2.20. The van der Waals surface area contributed by atoms with E-state index < -0.39 is 23.2 Å². The summed E-state index contributed by atoms with van der Waals surface area (Å²) in [6, 6.07) is 8.73. The molecule has 0 aliphatic carbocycles. The van der Waals surface area contributed by atoms with Crippen LogP contribution in [0.3, 0.4) is 0 Å². The Bertz CT molecular complexity index is 904. The zero-order valence-corrected chi connectivity index (χ0v) is 12.9. The first-order chi connectivity index (χ1) is 11.9. The summed E-state index contributed by atoms with van der Waals surface area (Å²) in [4.78, 5) is 15.3. The minimum atomic E-state index is -4.73. The van der Waals surface area contributed by atoms with Gasteiger partial charge >= 0.3 is 6.18 Å². The van der Waals surface area contributed by atoms with Crippen LogP contribution in [0.2, 0.25) is 0 Å². The Balaban J connectivity index is 2.03. The highest BCUT2D eigenvalue weighted by molar-refractivity contribution is 5.96. The Morgan fingerprint density at radius 2 is 1.84 bits per heavy atom. The van der Waals surface area contributed by atoms with Crippen molar-refractivity contribution in [2.24, 2.45) is 5.73 Å². The zero-order chi connectivity index (χ0) is 18.0. The molecule has 0 bridgehead atoms. The van der Waals surface area contributed by atoms with Crippen molar-refractivity contribution in [2.75, 3.05) is 0 Å². The van der Waals surface area contributed by atoms with Gasteiger partial charge in [-0.3, -0.25) is 14.5 Å². The first kappa shape index (κ1) is 16.7. The first-order valence-corrected chi connectivity index (χ1v) is 7.29. The minimum absolute atomic E-state index is 0.115. The number of rotatable bonds is 4. The topological polar surface area (TPSA) is 73.8 Å². The van der Waals surface area contributed by atoms with Gasteiger partial charge in [0.2, 0.25) is 5.91 Å². The van der Waals surface area contributed by atoms with Gasteiger partial charge in [-0.1, -0.05) is 12.1 Å². The number of amides is 1. The summed E-state index contributed by atoms with van der Waals surface area (Å²) < 4.78 is 41.9. The van der Waals surface area contributed by atoms with Gasteiger partial charge in [0.1, 0.15) is 0 Å². The lowest BCUT2D eigenvalue weighted by molar-refractivity contribution is -0.137. The maximum absolute atomic E-state index is 13.5. The van der Waals surface area contributed by atoms with Crippen molar-refractivity contribution in [3.8, 4) is 11.3 Å². The van der Waals surface area contributed by atoms with Crippen LogP contribution in [0.1, 0.15) is 21.5 Å². The molecule has 0 unspecified atom stereocenters. The Hall–Kier alpha value is -3.16. The normalized spacial score (nSPS) is 11.5. The molecule has 1 amide bonds. The summed E-state index contributed by atoms with van der Waals surface area (Å²) >= 11 is 0. The molecular weight excluding hydrogens is 333 g/mol. The molecule has 5 nitrogen and oxygen atoms in total. The van der Waals surface area contributed by atoms with Crippen molar-refractivity contribution in [2.45, 2.75) is 12.7 Å². The second-order valence-electron chi connectivity index (χ2n) is 5.34. The fraction of sp³-hybridized carbons (Fsp3) is 0.118. The molecule has 128 valence electrons. The van der Waals surface area contributed by atoms with Crippen molar-refractivity contribution in [1.29, 1.82) is 0 Å². The van der Waals surface area contributed by atoms with E-state index in [1.165, 1.54) is 22.9 Å².